The van der Waals surface area contributed by atoms with Crippen molar-refractivity contribution in [2.24, 2.45) is 17.8 Å². The number of amides is 1. The van der Waals surface area contributed by atoms with E-state index in [1.807, 2.05) is 11.8 Å². The molecule has 1 amide bonds. The van der Waals surface area contributed by atoms with Crippen molar-refractivity contribution in [3.63, 3.8) is 0 Å². The first-order valence-electron chi connectivity index (χ1n) is 7.59. The third-order valence-electron chi connectivity index (χ3n) is 3.66. The molecule has 20 heavy (non-hydrogen) atoms. The van der Waals surface area contributed by atoms with Crippen molar-refractivity contribution >= 4 is 23.6 Å². The molecule has 0 aromatic carbocycles. The fraction of sp³-hybridized carbons (Fsp3) is 0.867. The minimum absolute atomic E-state index is 0.0221. The number of hydrogen-bond acceptors (Lipinski definition) is 3. The highest BCUT2D eigenvalue weighted by atomic mass is 32.2. The molecule has 0 aromatic rings. The Balaban J connectivity index is 2.07. The first-order valence-corrected chi connectivity index (χ1v) is 8.74. The van der Waals surface area contributed by atoms with E-state index in [0.717, 1.165) is 24.6 Å². The topological polar surface area (TPSA) is 66.4 Å². The first kappa shape index (κ1) is 17.3. The molecule has 1 rings (SSSR count). The highest BCUT2D eigenvalue weighted by molar-refractivity contribution is 7.99. The molecule has 1 aliphatic carbocycles. The average Bonchev–Trinajstić information content (AvgIpc) is 2.42. The number of carbonyl (C=O) groups is 2. The molecule has 0 unspecified atom stereocenters. The van der Waals surface area contributed by atoms with Gasteiger partial charge in [0.1, 0.15) is 0 Å². The molecule has 0 heterocycles. The number of nitrogens with one attached hydrogen (secondary N) is 1. The van der Waals surface area contributed by atoms with Crippen LogP contribution in [0.5, 0.6) is 0 Å². The Labute approximate surface area is 126 Å². The number of rotatable bonds is 8. The molecule has 116 valence electrons. The Bertz CT molecular complexity index is 312. The van der Waals surface area contributed by atoms with Crippen LogP contribution >= 0.6 is 11.8 Å². The molecule has 1 aliphatic rings. The van der Waals surface area contributed by atoms with Gasteiger partial charge < -0.3 is 10.4 Å². The van der Waals surface area contributed by atoms with Gasteiger partial charge in [0.2, 0.25) is 5.91 Å². The zero-order valence-corrected chi connectivity index (χ0v) is 13.4. The molecule has 0 radical (unpaired) electrons. The van der Waals surface area contributed by atoms with E-state index in [9.17, 15) is 9.59 Å². The van der Waals surface area contributed by atoms with Gasteiger partial charge in [0, 0.05) is 12.5 Å². The second-order valence-corrected chi connectivity index (χ2v) is 7.15. The SMILES string of the molecule is CC(C)CSCCCNC(=O)C1CCC(C(=O)O)CC1. The van der Waals surface area contributed by atoms with E-state index in [1.165, 1.54) is 5.75 Å². The number of thioether (sulfide) groups is 1. The van der Waals surface area contributed by atoms with Crippen molar-refractivity contribution in [3.05, 3.63) is 0 Å². The summed E-state index contributed by atoms with van der Waals surface area (Å²) in [6.45, 7) is 5.16. The third kappa shape index (κ3) is 6.64. The fourth-order valence-corrected chi connectivity index (χ4v) is 3.44. The second-order valence-electron chi connectivity index (χ2n) is 6.00. The van der Waals surface area contributed by atoms with Gasteiger partial charge in [-0.3, -0.25) is 9.59 Å². The summed E-state index contributed by atoms with van der Waals surface area (Å²) < 4.78 is 0. The smallest absolute Gasteiger partial charge is 0.306 e. The Morgan fingerprint density at radius 2 is 1.80 bits per heavy atom. The van der Waals surface area contributed by atoms with Crippen LogP contribution in [-0.2, 0) is 9.59 Å². The summed E-state index contributed by atoms with van der Waals surface area (Å²) in [5.74, 6) is 2.16. The summed E-state index contributed by atoms with van der Waals surface area (Å²) >= 11 is 1.94. The lowest BCUT2D eigenvalue weighted by Crippen LogP contribution is -2.35. The van der Waals surface area contributed by atoms with Crippen molar-refractivity contribution in [3.8, 4) is 0 Å². The van der Waals surface area contributed by atoms with E-state index >= 15 is 0 Å². The van der Waals surface area contributed by atoms with E-state index in [-0.39, 0.29) is 17.7 Å². The van der Waals surface area contributed by atoms with Crippen molar-refractivity contribution in [2.75, 3.05) is 18.1 Å². The quantitative estimate of drug-likeness (QED) is 0.677. The van der Waals surface area contributed by atoms with E-state index in [0.29, 0.717) is 25.7 Å². The van der Waals surface area contributed by atoms with Gasteiger partial charge in [-0.25, -0.2) is 0 Å². The Kier molecular flexibility index (Phi) is 8.04. The number of carbonyl (C=O) groups excluding carboxylic acids is 1. The second kappa shape index (κ2) is 9.27. The molecule has 1 fully saturated rings. The molecular weight excluding hydrogens is 274 g/mol. The van der Waals surface area contributed by atoms with Gasteiger partial charge in [-0.2, -0.15) is 11.8 Å². The largest absolute Gasteiger partial charge is 0.481 e. The molecule has 5 heteroatoms. The third-order valence-corrected chi connectivity index (χ3v) is 5.14. The van der Waals surface area contributed by atoms with Crippen molar-refractivity contribution in [1.82, 2.24) is 5.32 Å². The average molecular weight is 301 g/mol. The first-order chi connectivity index (χ1) is 9.50. The predicted molar refractivity (Wildman–Crippen MR) is 82.9 cm³/mol. The fourth-order valence-electron chi connectivity index (χ4n) is 2.45. The summed E-state index contributed by atoms with van der Waals surface area (Å²) in [6, 6.07) is 0. The Morgan fingerprint density at radius 1 is 1.20 bits per heavy atom. The van der Waals surface area contributed by atoms with Crippen LogP contribution in [0.3, 0.4) is 0 Å². The van der Waals surface area contributed by atoms with Crippen LogP contribution in [0.25, 0.3) is 0 Å². The molecule has 0 atom stereocenters. The number of carboxylic acid groups (broad SMARTS) is 1. The minimum Gasteiger partial charge on any atom is -0.481 e. The maximum Gasteiger partial charge on any atom is 0.306 e. The zero-order chi connectivity index (χ0) is 15.0. The van der Waals surface area contributed by atoms with Crippen LogP contribution < -0.4 is 5.32 Å². The van der Waals surface area contributed by atoms with Crippen LogP contribution in [0.4, 0.5) is 0 Å². The Hall–Kier alpha value is -0.710. The van der Waals surface area contributed by atoms with Crippen LogP contribution in [-0.4, -0.2) is 35.0 Å². The lowest BCUT2D eigenvalue weighted by atomic mass is 9.81. The zero-order valence-electron chi connectivity index (χ0n) is 12.6. The molecule has 2 N–H and O–H groups in total. The maximum atomic E-state index is 12.0. The normalized spacial score (nSPS) is 22.8. The molecule has 0 spiro atoms. The number of hydrogen-bond donors (Lipinski definition) is 2. The van der Waals surface area contributed by atoms with Gasteiger partial charge >= 0.3 is 5.97 Å². The molecule has 0 aliphatic heterocycles. The maximum absolute atomic E-state index is 12.0. The summed E-state index contributed by atoms with van der Waals surface area (Å²) in [7, 11) is 0. The van der Waals surface area contributed by atoms with Crippen LogP contribution in [0, 0.1) is 17.8 Å². The van der Waals surface area contributed by atoms with Crippen LogP contribution in [0.15, 0.2) is 0 Å². The van der Waals surface area contributed by atoms with Crippen LogP contribution in [0.2, 0.25) is 0 Å². The van der Waals surface area contributed by atoms with E-state index in [2.05, 4.69) is 19.2 Å². The van der Waals surface area contributed by atoms with E-state index in [4.69, 9.17) is 5.11 Å². The molecule has 0 saturated heterocycles. The summed E-state index contributed by atoms with van der Waals surface area (Å²) in [5.41, 5.74) is 0. The monoisotopic (exact) mass is 301 g/mol. The van der Waals surface area contributed by atoms with Gasteiger partial charge in [-0.05, 0) is 49.5 Å². The molecule has 4 nitrogen and oxygen atoms in total. The summed E-state index contributed by atoms with van der Waals surface area (Å²) in [5, 5.41) is 11.9. The van der Waals surface area contributed by atoms with Crippen LogP contribution in [0.1, 0.15) is 46.0 Å². The van der Waals surface area contributed by atoms with Crippen molar-refractivity contribution in [2.45, 2.75) is 46.0 Å². The van der Waals surface area contributed by atoms with Crippen molar-refractivity contribution < 1.29 is 14.7 Å². The standard InChI is InChI=1S/C15H27NO3S/c1-11(2)10-20-9-3-8-16-14(17)12-4-6-13(7-5-12)15(18)19/h11-13H,3-10H2,1-2H3,(H,16,17)(H,18,19). The highest BCUT2D eigenvalue weighted by Gasteiger charge is 2.29. The van der Waals surface area contributed by atoms with Crippen molar-refractivity contribution in [1.29, 1.82) is 0 Å². The molecule has 0 bridgehead atoms. The van der Waals surface area contributed by atoms with Gasteiger partial charge in [-0.1, -0.05) is 13.8 Å². The molecule has 0 aromatic heterocycles. The lowest BCUT2D eigenvalue weighted by molar-refractivity contribution is -0.144. The number of carboxylic acids is 1. The minimum atomic E-state index is -0.717. The summed E-state index contributed by atoms with van der Waals surface area (Å²) in [4.78, 5) is 22.8. The summed E-state index contributed by atoms with van der Waals surface area (Å²) in [6.07, 6.45) is 3.71. The number of aliphatic carboxylic acids is 1. The van der Waals surface area contributed by atoms with Gasteiger partial charge in [0.05, 0.1) is 5.92 Å². The van der Waals surface area contributed by atoms with E-state index < -0.39 is 5.97 Å². The van der Waals surface area contributed by atoms with Gasteiger partial charge in [0.25, 0.3) is 0 Å². The molecule has 1 saturated carbocycles. The van der Waals surface area contributed by atoms with Gasteiger partial charge in [-0.15, -0.1) is 0 Å². The van der Waals surface area contributed by atoms with Gasteiger partial charge in [0.15, 0.2) is 0 Å². The lowest BCUT2D eigenvalue weighted by Gasteiger charge is -2.25. The predicted octanol–water partition coefficient (Wildman–Crippen LogP) is 2.77. The van der Waals surface area contributed by atoms with E-state index in [1.54, 1.807) is 0 Å². The molecular formula is C15H27NO3S. The highest BCUT2D eigenvalue weighted by Crippen LogP contribution is 2.28. The Morgan fingerprint density at radius 3 is 2.35 bits per heavy atom.